The lowest BCUT2D eigenvalue weighted by molar-refractivity contribution is 0.313. The van der Waals surface area contributed by atoms with E-state index in [-0.39, 0.29) is 5.75 Å². The SMILES string of the molecule is COc1cc2c(Oc3ccc(N)cc3F)ccnc2cc1OCCCl. The molecule has 3 aromatic rings. The molecule has 0 spiro atoms. The van der Waals surface area contributed by atoms with Crippen molar-refractivity contribution in [2.45, 2.75) is 0 Å². The van der Waals surface area contributed by atoms with E-state index in [1.807, 2.05) is 0 Å². The zero-order chi connectivity index (χ0) is 17.8. The van der Waals surface area contributed by atoms with Crippen molar-refractivity contribution in [3.8, 4) is 23.0 Å². The van der Waals surface area contributed by atoms with Crippen molar-refractivity contribution >= 4 is 28.2 Å². The largest absolute Gasteiger partial charge is 0.493 e. The number of alkyl halides is 1. The molecule has 0 aliphatic rings. The van der Waals surface area contributed by atoms with Gasteiger partial charge in [0, 0.05) is 29.4 Å². The first kappa shape index (κ1) is 17.1. The summed E-state index contributed by atoms with van der Waals surface area (Å²) in [6.45, 7) is 0.344. The monoisotopic (exact) mass is 362 g/mol. The fraction of sp³-hybridized carbons (Fsp3) is 0.167. The van der Waals surface area contributed by atoms with Gasteiger partial charge in [0.1, 0.15) is 12.4 Å². The molecule has 0 aliphatic heterocycles. The molecule has 1 aromatic heterocycles. The van der Waals surface area contributed by atoms with Crippen molar-refractivity contribution < 1.29 is 18.6 Å². The molecule has 0 unspecified atom stereocenters. The summed E-state index contributed by atoms with van der Waals surface area (Å²) in [6.07, 6.45) is 1.57. The summed E-state index contributed by atoms with van der Waals surface area (Å²) in [5, 5.41) is 0.661. The van der Waals surface area contributed by atoms with Crippen molar-refractivity contribution in [1.29, 1.82) is 0 Å². The van der Waals surface area contributed by atoms with Gasteiger partial charge in [-0.2, -0.15) is 0 Å². The molecule has 130 valence electrons. The second-order valence-corrected chi connectivity index (χ2v) is 5.54. The Balaban J connectivity index is 2.03. The van der Waals surface area contributed by atoms with Crippen molar-refractivity contribution in [2.75, 3.05) is 25.3 Å². The average Bonchev–Trinajstić information content (AvgIpc) is 2.61. The Morgan fingerprint density at radius 2 is 1.92 bits per heavy atom. The Labute approximate surface area is 149 Å². The molecule has 2 aromatic carbocycles. The highest BCUT2D eigenvalue weighted by molar-refractivity contribution is 6.18. The molecule has 0 saturated heterocycles. The molecule has 0 aliphatic carbocycles. The van der Waals surface area contributed by atoms with Crippen LogP contribution in [-0.2, 0) is 0 Å². The van der Waals surface area contributed by atoms with E-state index < -0.39 is 5.82 Å². The van der Waals surface area contributed by atoms with Gasteiger partial charge in [-0.3, -0.25) is 4.98 Å². The van der Waals surface area contributed by atoms with E-state index in [9.17, 15) is 4.39 Å². The summed E-state index contributed by atoms with van der Waals surface area (Å²) in [7, 11) is 1.53. The van der Waals surface area contributed by atoms with Crippen LogP contribution in [0.1, 0.15) is 0 Å². The number of nitrogen functional groups attached to an aromatic ring is 1. The molecule has 0 atom stereocenters. The molecule has 0 amide bonds. The minimum absolute atomic E-state index is 0.0723. The van der Waals surface area contributed by atoms with Crippen LogP contribution in [-0.4, -0.2) is 24.6 Å². The quantitative estimate of drug-likeness (QED) is 0.521. The minimum Gasteiger partial charge on any atom is -0.493 e. The topological polar surface area (TPSA) is 66.6 Å². The van der Waals surface area contributed by atoms with Gasteiger partial charge < -0.3 is 19.9 Å². The molecule has 1 heterocycles. The van der Waals surface area contributed by atoms with E-state index in [0.717, 1.165) is 0 Å². The number of anilines is 1. The predicted octanol–water partition coefficient (Wildman–Crippen LogP) is 4.37. The number of ether oxygens (including phenoxy) is 3. The van der Waals surface area contributed by atoms with Gasteiger partial charge in [-0.05, 0) is 24.3 Å². The Bertz CT molecular complexity index is 905. The lowest BCUT2D eigenvalue weighted by atomic mass is 10.1. The third-order valence-corrected chi connectivity index (χ3v) is 3.65. The third kappa shape index (κ3) is 3.69. The fourth-order valence-corrected chi connectivity index (χ4v) is 2.43. The first-order chi connectivity index (χ1) is 12.1. The normalized spacial score (nSPS) is 10.7. The molecule has 0 fully saturated rings. The van der Waals surface area contributed by atoms with Crippen molar-refractivity contribution in [3.05, 3.63) is 48.4 Å². The molecule has 3 rings (SSSR count). The van der Waals surface area contributed by atoms with Crippen LogP contribution < -0.4 is 19.9 Å². The van der Waals surface area contributed by atoms with E-state index in [0.29, 0.717) is 46.3 Å². The molecule has 0 radical (unpaired) electrons. The Kier molecular flexibility index (Phi) is 5.09. The van der Waals surface area contributed by atoms with Crippen molar-refractivity contribution in [2.24, 2.45) is 0 Å². The van der Waals surface area contributed by atoms with Gasteiger partial charge in [0.05, 0.1) is 18.5 Å². The minimum atomic E-state index is -0.543. The van der Waals surface area contributed by atoms with Gasteiger partial charge in [-0.15, -0.1) is 11.6 Å². The lowest BCUT2D eigenvalue weighted by Crippen LogP contribution is -2.00. The molecular formula is C18H16ClFN2O3. The third-order valence-electron chi connectivity index (χ3n) is 3.50. The number of benzene rings is 2. The average molecular weight is 363 g/mol. The molecule has 7 heteroatoms. The number of nitrogens with two attached hydrogens (primary N) is 1. The summed E-state index contributed by atoms with van der Waals surface area (Å²) in [4.78, 5) is 4.30. The second kappa shape index (κ2) is 7.44. The molecule has 0 bridgehead atoms. The lowest BCUT2D eigenvalue weighted by Gasteiger charge is -2.13. The molecule has 0 saturated carbocycles. The van der Waals surface area contributed by atoms with E-state index in [4.69, 9.17) is 31.5 Å². The first-order valence-corrected chi connectivity index (χ1v) is 8.04. The number of fused-ring (bicyclic) bond motifs is 1. The van der Waals surface area contributed by atoms with Gasteiger partial charge in [-0.25, -0.2) is 4.39 Å². The number of nitrogens with zero attached hydrogens (tertiary/aromatic N) is 1. The van der Waals surface area contributed by atoms with E-state index in [2.05, 4.69) is 4.98 Å². The maximum atomic E-state index is 14.0. The number of hydrogen-bond donors (Lipinski definition) is 1. The van der Waals surface area contributed by atoms with Crippen LogP contribution >= 0.6 is 11.6 Å². The highest BCUT2D eigenvalue weighted by Gasteiger charge is 2.13. The Morgan fingerprint density at radius 1 is 1.08 bits per heavy atom. The van der Waals surface area contributed by atoms with Crippen LogP contribution in [0, 0.1) is 5.82 Å². The summed E-state index contributed by atoms with van der Waals surface area (Å²) in [5.74, 6) is 1.36. The van der Waals surface area contributed by atoms with Crippen LogP contribution in [0.3, 0.4) is 0 Å². The maximum Gasteiger partial charge on any atom is 0.167 e. The highest BCUT2D eigenvalue weighted by atomic mass is 35.5. The number of halogens is 2. The van der Waals surface area contributed by atoms with Crippen LogP contribution in [0.25, 0.3) is 10.9 Å². The predicted molar refractivity (Wildman–Crippen MR) is 95.4 cm³/mol. The zero-order valence-corrected chi connectivity index (χ0v) is 14.2. The first-order valence-electron chi connectivity index (χ1n) is 7.50. The number of hydrogen-bond acceptors (Lipinski definition) is 5. The van der Waals surface area contributed by atoms with E-state index >= 15 is 0 Å². The van der Waals surface area contributed by atoms with Gasteiger partial charge in [-0.1, -0.05) is 0 Å². The van der Waals surface area contributed by atoms with Gasteiger partial charge in [0.2, 0.25) is 0 Å². The Hall–Kier alpha value is -2.73. The van der Waals surface area contributed by atoms with Crippen LogP contribution in [0.4, 0.5) is 10.1 Å². The molecule has 25 heavy (non-hydrogen) atoms. The Morgan fingerprint density at radius 3 is 2.64 bits per heavy atom. The number of aromatic nitrogens is 1. The van der Waals surface area contributed by atoms with Gasteiger partial charge in [0.25, 0.3) is 0 Å². The van der Waals surface area contributed by atoms with Crippen LogP contribution in [0.5, 0.6) is 23.0 Å². The number of rotatable bonds is 6. The molecule has 5 nitrogen and oxygen atoms in total. The number of methoxy groups -OCH3 is 1. The summed E-state index contributed by atoms with van der Waals surface area (Å²) in [5.41, 5.74) is 6.51. The van der Waals surface area contributed by atoms with Crippen molar-refractivity contribution in [3.63, 3.8) is 0 Å². The summed E-state index contributed by atoms with van der Waals surface area (Å²) >= 11 is 5.66. The standard InChI is InChI=1S/C18H16ClFN2O3/c1-23-17-9-12-14(10-18(17)24-7-5-19)22-6-4-15(12)25-16-3-2-11(21)8-13(16)20/h2-4,6,8-10H,5,7,21H2,1H3. The van der Waals surface area contributed by atoms with Crippen LogP contribution in [0.15, 0.2) is 42.6 Å². The number of pyridine rings is 1. The van der Waals surface area contributed by atoms with E-state index in [1.54, 1.807) is 30.5 Å². The summed E-state index contributed by atoms with van der Waals surface area (Å²) in [6, 6.07) is 9.37. The van der Waals surface area contributed by atoms with E-state index in [1.165, 1.54) is 19.2 Å². The fourth-order valence-electron chi connectivity index (χ4n) is 2.36. The highest BCUT2D eigenvalue weighted by Crippen LogP contribution is 2.37. The van der Waals surface area contributed by atoms with Gasteiger partial charge >= 0.3 is 0 Å². The van der Waals surface area contributed by atoms with Crippen molar-refractivity contribution in [1.82, 2.24) is 4.98 Å². The van der Waals surface area contributed by atoms with Gasteiger partial charge in [0.15, 0.2) is 23.1 Å². The second-order valence-electron chi connectivity index (χ2n) is 5.16. The summed E-state index contributed by atoms with van der Waals surface area (Å²) < 4.78 is 30.6. The molecule has 2 N–H and O–H groups in total. The maximum absolute atomic E-state index is 14.0. The van der Waals surface area contributed by atoms with Crippen LogP contribution in [0.2, 0.25) is 0 Å². The molecular weight excluding hydrogens is 347 g/mol. The zero-order valence-electron chi connectivity index (χ0n) is 13.5. The smallest absolute Gasteiger partial charge is 0.167 e.